The minimum atomic E-state index is -0.164. The smallest absolute Gasteiger partial charge is 0.252 e. The molecular weight excluding hydrogens is 264 g/mol. The minimum Gasteiger partial charge on any atom is -0.352 e. The molecule has 1 amide bonds. The second kappa shape index (κ2) is 7.78. The van der Waals surface area contributed by atoms with Crippen LogP contribution in [0.25, 0.3) is 0 Å². The Morgan fingerprint density at radius 2 is 2.10 bits per heavy atom. The largest absolute Gasteiger partial charge is 0.352 e. The molecule has 0 aliphatic carbocycles. The molecule has 0 atom stereocenters. The van der Waals surface area contributed by atoms with E-state index in [1.165, 1.54) is 0 Å². The zero-order valence-electron chi connectivity index (χ0n) is 11.5. The van der Waals surface area contributed by atoms with Crippen LogP contribution in [0.4, 0.5) is 0 Å². The molecular formula is C16H16N4O. The molecule has 2 rings (SSSR count). The van der Waals surface area contributed by atoms with Gasteiger partial charge < -0.3 is 11.1 Å². The standard InChI is InChI=1S/C16H16N4O/c17-7-1-4-14-12-19-9-6-15(14)16(21)20-10-5-13-3-2-8-18-11-13/h2-3,6,8-9,11-12H,5,7,10,17H2,(H,20,21). The third kappa shape index (κ3) is 4.41. The Bertz CT molecular complexity index is 659. The highest BCUT2D eigenvalue weighted by molar-refractivity contribution is 5.96. The van der Waals surface area contributed by atoms with Crippen LogP contribution in [0.5, 0.6) is 0 Å². The van der Waals surface area contributed by atoms with Gasteiger partial charge in [0.05, 0.1) is 17.7 Å². The molecule has 0 aliphatic heterocycles. The molecule has 2 heterocycles. The molecule has 0 saturated heterocycles. The van der Waals surface area contributed by atoms with E-state index in [0.29, 0.717) is 17.7 Å². The zero-order valence-corrected chi connectivity index (χ0v) is 11.5. The van der Waals surface area contributed by atoms with Crippen molar-refractivity contribution in [3.8, 4) is 11.8 Å². The summed E-state index contributed by atoms with van der Waals surface area (Å²) in [6, 6.07) is 5.50. The number of nitrogens with zero attached hydrogens (tertiary/aromatic N) is 2. The maximum Gasteiger partial charge on any atom is 0.252 e. The summed E-state index contributed by atoms with van der Waals surface area (Å²) in [5.74, 6) is 5.42. The lowest BCUT2D eigenvalue weighted by Gasteiger charge is -2.06. The van der Waals surface area contributed by atoms with Crippen LogP contribution in [0.1, 0.15) is 21.5 Å². The number of amides is 1. The van der Waals surface area contributed by atoms with Crippen LogP contribution in [0, 0.1) is 11.8 Å². The van der Waals surface area contributed by atoms with Gasteiger partial charge in [-0.25, -0.2) is 0 Å². The summed E-state index contributed by atoms with van der Waals surface area (Å²) in [6.45, 7) is 0.785. The van der Waals surface area contributed by atoms with E-state index in [-0.39, 0.29) is 12.5 Å². The lowest BCUT2D eigenvalue weighted by atomic mass is 10.1. The molecule has 0 unspecified atom stereocenters. The zero-order chi connectivity index (χ0) is 14.9. The van der Waals surface area contributed by atoms with Gasteiger partial charge in [-0.3, -0.25) is 14.8 Å². The predicted octanol–water partition coefficient (Wildman–Crippen LogP) is 0.759. The summed E-state index contributed by atoms with van der Waals surface area (Å²) in [4.78, 5) is 20.2. The van der Waals surface area contributed by atoms with Crippen LogP contribution < -0.4 is 11.1 Å². The monoisotopic (exact) mass is 280 g/mol. The molecule has 0 aliphatic rings. The highest BCUT2D eigenvalue weighted by Crippen LogP contribution is 2.05. The van der Waals surface area contributed by atoms with Crippen molar-refractivity contribution in [3.05, 3.63) is 59.7 Å². The van der Waals surface area contributed by atoms with Crippen molar-refractivity contribution in [1.82, 2.24) is 15.3 Å². The number of nitrogens with one attached hydrogen (secondary N) is 1. The summed E-state index contributed by atoms with van der Waals surface area (Å²) in [5, 5.41) is 2.87. The van der Waals surface area contributed by atoms with Gasteiger partial charge in [0, 0.05) is 31.3 Å². The van der Waals surface area contributed by atoms with E-state index in [2.05, 4.69) is 27.1 Å². The second-order valence-corrected chi connectivity index (χ2v) is 4.29. The summed E-state index contributed by atoms with van der Waals surface area (Å²) >= 11 is 0. The first kappa shape index (κ1) is 14.7. The number of carbonyl (C=O) groups is 1. The van der Waals surface area contributed by atoms with Crippen molar-refractivity contribution in [1.29, 1.82) is 0 Å². The Morgan fingerprint density at radius 3 is 2.86 bits per heavy atom. The fraction of sp³-hybridized carbons (Fsp3) is 0.188. The Balaban J connectivity index is 1.97. The molecule has 21 heavy (non-hydrogen) atoms. The molecule has 5 nitrogen and oxygen atoms in total. The van der Waals surface area contributed by atoms with Crippen molar-refractivity contribution in [2.24, 2.45) is 5.73 Å². The summed E-state index contributed by atoms with van der Waals surface area (Å²) in [7, 11) is 0. The number of nitrogens with two attached hydrogens (primary N) is 1. The topological polar surface area (TPSA) is 80.9 Å². The van der Waals surface area contributed by atoms with Crippen LogP contribution in [0.3, 0.4) is 0 Å². The van der Waals surface area contributed by atoms with Gasteiger partial charge in [-0.05, 0) is 24.1 Å². The molecule has 2 aromatic rings. The quantitative estimate of drug-likeness (QED) is 0.810. The highest BCUT2D eigenvalue weighted by Gasteiger charge is 2.09. The summed E-state index contributed by atoms with van der Waals surface area (Å²) in [5.41, 5.74) is 7.52. The lowest BCUT2D eigenvalue weighted by molar-refractivity contribution is 0.0954. The molecule has 3 N–H and O–H groups in total. The predicted molar refractivity (Wildman–Crippen MR) is 80.4 cm³/mol. The first-order valence-corrected chi connectivity index (χ1v) is 6.61. The van der Waals surface area contributed by atoms with Crippen LogP contribution in [-0.2, 0) is 6.42 Å². The SMILES string of the molecule is NCC#Cc1cnccc1C(=O)NCCc1cccnc1. The molecule has 5 heteroatoms. The van der Waals surface area contributed by atoms with Gasteiger partial charge in [-0.15, -0.1) is 0 Å². The third-order valence-electron chi connectivity index (χ3n) is 2.81. The fourth-order valence-corrected chi connectivity index (χ4v) is 1.80. The molecule has 0 fully saturated rings. The molecule has 0 bridgehead atoms. The van der Waals surface area contributed by atoms with E-state index in [1.807, 2.05) is 12.1 Å². The van der Waals surface area contributed by atoms with Gasteiger partial charge in [0.1, 0.15) is 0 Å². The molecule has 0 radical (unpaired) electrons. The minimum absolute atomic E-state index is 0.164. The average molecular weight is 280 g/mol. The van der Waals surface area contributed by atoms with Crippen LogP contribution in [0.2, 0.25) is 0 Å². The van der Waals surface area contributed by atoms with Gasteiger partial charge in [-0.2, -0.15) is 0 Å². The Kier molecular flexibility index (Phi) is 5.44. The maximum absolute atomic E-state index is 12.2. The Morgan fingerprint density at radius 1 is 1.24 bits per heavy atom. The summed E-state index contributed by atoms with van der Waals surface area (Å²) < 4.78 is 0. The van der Waals surface area contributed by atoms with Gasteiger partial charge in [-0.1, -0.05) is 17.9 Å². The normalized spacial score (nSPS) is 9.57. The number of pyridine rings is 2. The van der Waals surface area contributed by atoms with Crippen molar-refractivity contribution >= 4 is 5.91 Å². The number of carbonyl (C=O) groups excluding carboxylic acids is 1. The van der Waals surface area contributed by atoms with Crippen molar-refractivity contribution < 1.29 is 4.79 Å². The molecule has 106 valence electrons. The van der Waals surface area contributed by atoms with E-state index >= 15 is 0 Å². The third-order valence-corrected chi connectivity index (χ3v) is 2.81. The first-order valence-electron chi connectivity index (χ1n) is 6.61. The number of hydrogen-bond donors (Lipinski definition) is 2. The molecule has 0 aromatic carbocycles. The number of hydrogen-bond acceptors (Lipinski definition) is 4. The number of aromatic nitrogens is 2. The van der Waals surface area contributed by atoms with E-state index in [0.717, 1.165) is 12.0 Å². The Hall–Kier alpha value is -2.71. The van der Waals surface area contributed by atoms with Gasteiger partial charge >= 0.3 is 0 Å². The van der Waals surface area contributed by atoms with Crippen LogP contribution >= 0.6 is 0 Å². The molecule has 0 saturated carbocycles. The van der Waals surface area contributed by atoms with Gasteiger partial charge in [0.25, 0.3) is 5.91 Å². The highest BCUT2D eigenvalue weighted by atomic mass is 16.1. The maximum atomic E-state index is 12.2. The summed E-state index contributed by atoms with van der Waals surface area (Å²) in [6.07, 6.45) is 7.38. The van der Waals surface area contributed by atoms with Gasteiger partial charge in [0.2, 0.25) is 0 Å². The Labute approximate surface area is 123 Å². The van der Waals surface area contributed by atoms with Crippen LogP contribution in [0.15, 0.2) is 43.0 Å². The van der Waals surface area contributed by atoms with E-state index in [9.17, 15) is 4.79 Å². The number of rotatable bonds is 4. The van der Waals surface area contributed by atoms with E-state index < -0.39 is 0 Å². The average Bonchev–Trinajstić information content (AvgIpc) is 2.54. The first-order chi connectivity index (χ1) is 10.3. The van der Waals surface area contributed by atoms with Crippen molar-refractivity contribution in [2.75, 3.05) is 13.1 Å². The molecule has 2 aromatic heterocycles. The fourth-order valence-electron chi connectivity index (χ4n) is 1.80. The van der Waals surface area contributed by atoms with Gasteiger partial charge in [0.15, 0.2) is 0 Å². The van der Waals surface area contributed by atoms with E-state index in [1.54, 1.807) is 30.9 Å². The van der Waals surface area contributed by atoms with Crippen molar-refractivity contribution in [2.45, 2.75) is 6.42 Å². The van der Waals surface area contributed by atoms with E-state index in [4.69, 9.17) is 5.73 Å². The lowest BCUT2D eigenvalue weighted by Crippen LogP contribution is -2.26. The van der Waals surface area contributed by atoms with Crippen molar-refractivity contribution in [3.63, 3.8) is 0 Å². The second-order valence-electron chi connectivity index (χ2n) is 4.29. The molecule has 0 spiro atoms. The van der Waals surface area contributed by atoms with Crippen LogP contribution in [-0.4, -0.2) is 29.0 Å².